The summed E-state index contributed by atoms with van der Waals surface area (Å²) in [7, 11) is 0. The van der Waals surface area contributed by atoms with E-state index in [-0.39, 0.29) is 12.0 Å². The van der Waals surface area contributed by atoms with Gasteiger partial charge in [-0.1, -0.05) is 0 Å². The fourth-order valence-corrected chi connectivity index (χ4v) is 1.56. The van der Waals surface area contributed by atoms with Crippen molar-refractivity contribution in [1.29, 1.82) is 0 Å². The summed E-state index contributed by atoms with van der Waals surface area (Å²) in [6.45, 7) is 2.91. The van der Waals surface area contributed by atoms with Crippen molar-refractivity contribution in [1.82, 2.24) is 15.6 Å². The Hall–Kier alpha value is -1.46. The average molecular weight is 221 g/mol. The largest absolute Gasteiger partial charge is 0.374 e. The van der Waals surface area contributed by atoms with Crippen LogP contribution >= 0.6 is 0 Å². The zero-order valence-corrected chi connectivity index (χ0v) is 8.98. The molecule has 0 bridgehead atoms. The Balaban J connectivity index is 1.79. The maximum absolute atomic E-state index is 11.7. The predicted octanol–water partition coefficient (Wildman–Crippen LogP) is -0.200. The second-order valence-electron chi connectivity index (χ2n) is 3.64. The lowest BCUT2D eigenvalue weighted by molar-refractivity contribution is 0.0287. The van der Waals surface area contributed by atoms with E-state index in [9.17, 15) is 4.79 Å². The topological polar surface area (TPSA) is 63.2 Å². The van der Waals surface area contributed by atoms with Crippen molar-refractivity contribution in [2.45, 2.75) is 6.10 Å². The molecule has 1 fully saturated rings. The molecule has 1 aromatic rings. The molecule has 2 N–H and O–H groups in total. The van der Waals surface area contributed by atoms with Gasteiger partial charge in [-0.25, -0.2) is 0 Å². The second kappa shape index (κ2) is 5.58. The lowest BCUT2D eigenvalue weighted by Gasteiger charge is -2.23. The van der Waals surface area contributed by atoms with Crippen molar-refractivity contribution in [3.63, 3.8) is 0 Å². The highest BCUT2D eigenvalue weighted by Crippen LogP contribution is 1.98. The minimum Gasteiger partial charge on any atom is -0.374 e. The van der Waals surface area contributed by atoms with Crippen molar-refractivity contribution in [3.05, 3.63) is 30.1 Å². The van der Waals surface area contributed by atoms with Crippen molar-refractivity contribution in [2.75, 3.05) is 26.2 Å². The number of pyridine rings is 1. The minimum atomic E-state index is -0.0865. The van der Waals surface area contributed by atoms with Crippen LogP contribution in [0.25, 0.3) is 0 Å². The summed E-state index contributed by atoms with van der Waals surface area (Å²) in [6.07, 6.45) is 3.28. The molecule has 5 nitrogen and oxygen atoms in total. The number of hydrogen-bond donors (Lipinski definition) is 2. The van der Waals surface area contributed by atoms with Crippen molar-refractivity contribution in [3.8, 4) is 0 Å². The predicted molar refractivity (Wildman–Crippen MR) is 59.2 cm³/mol. The summed E-state index contributed by atoms with van der Waals surface area (Å²) >= 11 is 0. The molecule has 1 atom stereocenters. The van der Waals surface area contributed by atoms with E-state index in [2.05, 4.69) is 15.6 Å². The summed E-state index contributed by atoms with van der Waals surface area (Å²) in [4.78, 5) is 15.5. The Kier molecular flexibility index (Phi) is 3.85. The molecule has 5 heteroatoms. The Bertz CT molecular complexity index is 336. The number of rotatable bonds is 3. The molecule has 1 aliphatic heterocycles. The molecule has 0 aromatic carbocycles. The summed E-state index contributed by atoms with van der Waals surface area (Å²) in [5.74, 6) is -0.0865. The molecule has 0 saturated carbocycles. The third-order valence-electron chi connectivity index (χ3n) is 2.44. The molecule has 1 unspecified atom stereocenters. The number of amides is 1. The van der Waals surface area contributed by atoms with E-state index in [4.69, 9.17) is 4.74 Å². The second-order valence-corrected chi connectivity index (χ2v) is 3.64. The third-order valence-corrected chi connectivity index (χ3v) is 2.44. The number of nitrogens with zero attached hydrogens (tertiary/aromatic N) is 1. The molecule has 86 valence electrons. The molecule has 16 heavy (non-hydrogen) atoms. The van der Waals surface area contributed by atoms with E-state index in [0.717, 1.165) is 13.1 Å². The van der Waals surface area contributed by atoms with E-state index >= 15 is 0 Å². The van der Waals surface area contributed by atoms with Crippen LogP contribution in [0.1, 0.15) is 10.4 Å². The van der Waals surface area contributed by atoms with Gasteiger partial charge in [-0.05, 0) is 12.1 Å². The number of ether oxygens (including phenoxy) is 1. The fourth-order valence-electron chi connectivity index (χ4n) is 1.56. The van der Waals surface area contributed by atoms with Gasteiger partial charge in [0.2, 0.25) is 0 Å². The molecule has 0 aliphatic carbocycles. The molecule has 1 aromatic heterocycles. The van der Waals surface area contributed by atoms with Crippen LogP contribution in [0.15, 0.2) is 24.5 Å². The first-order valence-corrected chi connectivity index (χ1v) is 5.37. The van der Waals surface area contributed by atoms with Gasteiger partial charge in [0.15, 0.2) is 0 Å². The Morgan fingerprint density at radius 1 is 1.56 bits per heavy atom. The Morgan fingerprint density at radius 3 is 3.06 bits per heavy atom. The number of morpholine rings is 1. The van der Waals surface area contributed by atoms with Crippen molar-refractivity contribution >= 4 is 5.91 Å². The SMILES string of the molecule is O=C(NCC1CNCCO1)c1ccncc1. The van der Waals surface area contributed by atoms with Crippen LogP contribution in [0.3, 0.4) is 0 Å². The molecule has 2 rings (SSSR count). The highest BCUT2D eigenvalue weighted by atomic mass is 16.5. The molecule has 0 radical (unpaired) electrons. The first kappa shape index (κ1) is 11.0. The zero-order valence-electron chi connectivity index (χ0n) is 8.98. The lowest BCUT2D eigenvalue weighted by Crippen LogP contribution is -2.45. The summed E-state index contributed by atoms with van der Waals surface area (Å²) in [6, 6.07) is 3.38. The van der Waals surface area contributed by atoms with Crippen LogP contribution in [0.2, 0.25) is 0 Å². The van der Waals surface area contributed by atoms with E-state index < -0.39 is 0 Å². The number of hydrogen-bond acceptors (Lipinski definition) is 4. The highest BCUT2D eigenvalue weighted by Gasteiger charge is 2.14. The van der Waals surface area contributed by atoms with Gasteiger partial charge in [0.1, 0.15) is 0 Å². The number of aromatic nitrogens is 1. The Labute approximate surface area is 94.2 Å². The quantitative estimate of drug-likeness (QED) is 0.742. The monoisotopic (exact) mass is 221 g/mol. The van der Waals surface area contributed by atoms with Crippen LogP contribution in [0.4, 0.5) is 0 Å². The van der Waals surface area contributed by atoms with Gasteiger partial charge in [-0.2, -0.15) is 0 Å². The van der Waals surface area contributed by atoms with Gasteiger partial charge in [-0.3, -0.25) is 9.78 Å². The van der Waals surface area contributed by atoms with Crippen molar-refractivity contribution in [2.24, 2.45) is 0 Å². The fraction of sp³-hybridized carbons (Fsp3) is 0.455. The molecule has 1 aliphatic rings. The van der Waals surface area contributed by atoms with Gasteiger partial charge < -0.3 is 15.4 Å². The average Bonchev–Trinajstić information content (AvgIpc) is 2.38. The number of carbonyl (C=O) groups is 1. The molecule has 1 amide bonds. The van der Waals surface area contributed by atoms with E-state index in [0.29, 0.717) is 18.7 Å². The van der Waals surface area contributed by atoms with Crippen molar-refractivity contribution < 1.29 is 9.53 Å². The minimum absolute atomic E-state index is 0.0690. The molecule has 0 spiro atoms. The molecule has 1 saturated heterocycles. The first-order valence-electron chi connectivity index (χ1n) is 5.37. The molecular formula is C11H15N3O2. The summed E-state index contributed by atoms with van der Waals surface area (Å²) in [5.41, 5.74) is 0.624. The smallest absolute Gasteiger partial charge is 0.251 e. The summed E-state index contributed by atoms with van der Waals surface area (Å²) < 4.78 is 5.47. The van der Waals surface area contributed by atoms with E-state index in [1.54, 1.807) is 24.5 Å². The Morgan fingerprint density at radius 2 is 2.38 bits per heavy atom. The van der Waals surface area contributed by atoms with Crippen LogP contribution < -0.4 is 10.6 Å². The van der Waals surface area contributed by atoms with Crippen LogP contribution in [0.5, 0.6) is 0 Å². The standard InChI is InChI=1S/C11H15N3O2/c15-11(9-1-3-12-4-2-9)14-8-10-7-13-5-6-16-10/h1-4,10,13H,5-8H2,(H,14,15). The van der Waals surface area contributed by atoms with E-state index in [1.165, 1.54) is 0 Å². The maximum atomic E-state index is 11.7. The van der Waals surface area contributed by atoms with Gasteiger partial charge in [0.25, 0.3) is 5.91 Å². The maximum Gasteiger partial charge on any atom is 0.251 e. The highest BCUT2D eigenvalue weighted by molar-refractivity contribution is 5.93. The molecule has 2 heterocycles. The first-order chi connectivity index (χ1) is 7.86. The normalized spacial score (nSPS) is 20.4. The zero-order chi connectivity index (χ0) is 11.2. The number of carbonyl (C=O) groups excluding carboxylic acids is 1. The van der Waals surface area contributed by atoms with Gasteiger partial charge in [0, 0.05) is 37.6 Å². The van der Waals surface area contributed by atoms with Crippen LogP contribution in [0, 0.1) is 0 Å². The third kappa shape index (κ3) is 3.01. The lowest BCUT2D eigenvalue weighted by atomic mass is 10.2. The van der Waals surface area contributed by atoms with Crippen LogP contribution in [-0.2, 0) is 4.74 Å². The summed E-state index contributed by atoms with van der Waals surface area (Å²) in [5, 5.41) is 6.05. The molecular weight excluding hydrogens is 206 g/mol. The van der Waals surface area contributed by atoms with Crippen LogP contribution in [-0.4, -0.2) is 43.2 Å². The van der Waals surface area contributed by atoms with Gasteiger partial charge in [0.05, 0.1) is 12.7 Å². The van der Waals surface area contributed by atoms with Gasteiger partial charge >= 0.3 is 0 Å². The number of nitrogens with one attached hydrogen (secondary N) is 2. The van der Waals surface area contributed by atoms with Gasteiger partial charge in [-0.15, -0.1) is 0 Å². The van der Waals surface area contributed by atoms with E-state index in [1.807, 2.05) is 0 Å².